The van der Waals surface area contributed by atoms with Gasteiger partial charge in [-0.15, -0.1) is 23.1 Å². The molecule has 3 aromatic heterocycles. The van der Waals surface area contributed by atoms with E-state index in [4.69, 9.17) is 38.6 Å². The molecule has 0 aromatic carbocycles. The molecule has 5 aliphatic heterocycles. The maximum absolute atomic E-state index is 14.6. The summed E-state index contributed by atoms with van der Waals surface area (Å²) >= 11 is 9.98. The highest BCUT2D eigenvalue weighted by Crippen LogP contribution is 2.57. The van der Waals surface area contributed by atoms with Crippen LogP contribution in [-0.2, 0) is 18.5 Å². The first-order chi connectivity index (χ1) is 23.6. The number of fused-ring (bicyclic) bond motifs is 4. The second-order valence-corrected chi connectivity index (χ2v) is 16.5. The molecule has 0 radical (unpaired) electrons. The molecule has 2 N–H and O–H groups in total. The number of thiophene rings is 1. The number of nitrogens with zero attached hydrogens (tertiary/aromatic N) is 10. The number of amides is 1. The Morgan fingerprint density at radius 1 is 1.24 bits per heavy atom. The third kappa shape index (κ3) is 5.09. The maximum atomic E-state index is 14.6. The number of thioether (sulfide) groups is 1. The summed E-state index contributed by atoms with van der Waals surface area (Å²) in [5, 5.41) is 15.3. The van der Waals surface area contributed by atoms with Crippen molar-refractivity contribution in [2.75, 3.05) is 74.7 Å². The highest BCUT2D eigenvalue weighted by Gasteiger charge is 2.53. The van der Waals surface area contributed by atoms with Crippen LogP contribution in [0.5, 0.6) is 6.01 Å². The molecule has 3 saturated heterocycles. The van der Waals surface area contributed by atoms with Crippen molar-refractivity contribution in [3.8, 4) is 12.1 Å². The molecule has 17 heteroatoms. The number of nitrogen functional groups attached to an aromatic ring is 1. The zero-order valence-electron chi connectivity index (χ0n) is 27.2. The molecule has 5 aliphatic rings. The fourth-order valence-corrected chi connectivity index (χ4v) is 11.2. The molecule has 256 valence electrons. The van der Waals surface area contributed by atoms with Gasteiger partial charge in [0.2, 0.25) is 0 Å². The van der Waals surface area contributed by atoms with Gasteiger partial charge in [0, 0.05) is 70.0 Å². The van der Waals surface area contributed by atoms with Crippen LogP contribution < -0.4 is 20.3 Å². The lowest BCUT2D eigenvalue weighted by Crippen LogP contribution is -2.60. The number of hydrogen-bond acceptors (Lipinski definition) is 12. The van der Waals surface area contributed by atoms with Crippen molar-refractivity contribution in [1.82, 2.24) is 29.5 Å². The van der Waals surface area contributed by atoms with Gasteiger partial charge < -0.3 is 25.2 Å². The van der Waals surface area contributed by atoms with E-state index in [1.165, 1.54) is 16.2 Å². The number of alkyl halides is 1. The average molecular weight is 724 g/mol. The fraction of sp³-hybridized carbons (Fsp3) is 0.562. The van der Waals surface area contributed by atoms with Crippen molar-refractivity contribution < 1.29 is 13.9 Å². The molecule has 1 amide bonds. The molecular weight excluding hydrogens is 689 g/mol. The summed E-state index contributed by atoms with van der Waals surface area (Å²) in [5.74, 6) is 1.41. The molecule has 0 bridgehead atoms. The van der Waals surface area contributed by atoms with Crippen LogP contribution in [-0.4, -0.2) is 106 Å². The van der Waals surface area contributed by atoms with Gasteiger partial charge in [0.25, 0.3) is 11.6 Å². The van der Waals surface area contributed by atoms with Gasteiger partial charge in [-0.1, -0.05) is 11.6 Å². The number of nitriles is 1. The highest BCUT2D eigenvalue weighted by molar-refractivity contribution is 8.01. The molecule has 0 aliphatic carbocycles. The van der Waals surface area contributed by atoms with Gasteiger partial charge in [-0.25, -0.2) is 9.24 Å². The van der Waals surface area contributed by atoms with Crippen molar-refractivity contribution in [2.45, 2.75) is 60.1 Å². The van der Waals surface area contributed by atoms with E-state index in [0.717, 1.165) is 34.9 Å². The van der Waals surface area contributed by atoms with E-state index in [9.17, 15) is 14.4 Å². The highest BCUT2D eigenvalue weighted by atomic mass is 35.5. The van der Waals surface area contributed by atoms with E-state index in [1.807, 2.05) is 4.90 Å². The minimum absolute atomic E-state index is 0.133. The van der Waals surface area contributed by atoms with Gasteiger partial charge in [-0.2, -0.15) is 20.3 Å². The number of carbonyl (C=O) groups excluding carboxylic acids is 1. The Kier molecular flexibility index (Phi) is 7.86. The van der Waals surface area contributed by atoms with Crippen LogP contribution in [0.25, 0.3) is 4.85 Å². The Hall–Kier alpha value is -3.83. The average Bonchev–Trinajstić information content (AvgIpc) is 3.81. The lowest BCUT2D eigenvalue weighted by molar-refractivity contribution is 0.0821. The summed E-state index contributed by atoms with van der Waals surface area (Å²) in [6.45, 7) is 12.3. The second-order valence-electron chi connectivity index (χ2n) is 13.8. The normalized spacial score (nSPS) is 23.8. The van der Waals surface area contributed by atoms with E-state index >= 15 is 0 Å². The number of halogens is 2. The molecule has 0 saturated carbocycles. The summed E-state index contributed by atoms with van der Waals surface area (Å²) in [6.07, 6.45) is 2.02. The van der Waals surface area contributed by atoms with E-state index < -0.39 is 11.7 Å². The first kappa shape index (κ1) is 32.4. The zero-order chi connectivity index (χ0) is 34.2. The summed E-state index contributed by atoms with van der Waals surface area (Å²) in [5.41, 5.74) is 8.26. The zero-order valence-corrected chi connectivity index (χ0v) is 29.6. The quantitative estimate of drug-likeness (QED) is 0.364. The number of hydrogen-bond donors (Lipinski definition) is 1. The van der Waals surface area contributed by atoms with Crippen LogP contribution in [0.2, 0.25) is 5.02 Å². The SMILES string of the molecule is [C-]#[N+]c1c(N2CCCn3nc(C(=O)N(C)C)c(Cl)c3C2)nc(OC[C@@]23CCCN2C[C@H](F)C3)nc1N1CC2(CSc3sc(N)c(C#N)c32)C1. The summed E-state index contributed by atoms with van der Waals surface area (Å²) in [6, 6.07) is 2.45. The van der Waals surface area contributed by atoms with Crippen molar-refractivity contribution >= 4 is 62.9 Å². The minimum atomic E-state index is -0.896. The summed E-state index contributed by atoms with van der Waals surface area (Å²) in [7, 11) is 3.31. The van der Waals surface area contributed by atoms with E-state index in [-0.39, 0.29) is 46.9 Å². The molecule has 8 rings (SSSR count). The van der Waals surface area contributed by atoms with Gasteiger partial charge in [0.15, 0.2) is 5.69 Å². The molecule has 3 fully saturated rings. The van der Waals surface area contributed by atoms with Crippen LogP contribution in [0.3, 0.4) is 0 Å². The number of carbonyl (C=O) groups is 1. The predicted octanol–water partition coefficient (Wildman–Crippen LogP) is 4.32. The number of rotatable bonds is 6. The third-order valence-electron chi connectivity index (χ3n) is 10.5. The molecule has 1 spiro atoms. The largest absolute Gasteiger partial charge is 0.461 e. The van der Waals surface area contributed by atoms with Crippen molar-refractivity contribution in [1.29, 1.82) is 5.26 Å². The fourth-order valence-electron chi connectivity index (χ4n) is 8.16. The topological polar surface area (TPSA) is 137 Å². The van der Waals surface area contributed by atoms with Crippen LogP contribution >= 0.6 is 34.7 Å². The van der Waals surface area contributed by atoms with Gasteiger partial charge in [0.1, 0.15) is 35.5 Å². The Morgan fingerprint density at radius 3 is 2.76 bits per heavy atom. The first-order valence-corrected chi connectivity index (χ1v) is 18.5. The first-order valence-electron chi connectivity index (χ1n) is 16.3. The van der Waals surface area contributed by atoms with Gasteiger partial charge in [0.05, 0.1) is 39.1 Å². The monoisotopic (exact) mass is 723 g/mol. The number of aromatic nitrogens is 4. The Morgan fingerprint density at radius 2 is 2.02 bits per heavy atom. The Labute approximate surface area is 296 Å². The van der Waals surface area contributed by atoms with Gasteiger partial charge in [-0.3, -0.25) is 14.4 Å². The molecule has 13 nitrogen and oxygen atoms in total. The van der Waals surface area contributed by atoms with Gasteiger partial charge >= 0.3 is 6.01 Å². The molecule has 3 aromatic rings. The summed E-state index contributed by atoms with van der Waals surface area (Å²) < 4.78 is 23.8. The predicted molar refractivity (Wildman–Crippen MR) is 186 cm³/mol. The number of aryl methyl sites for hydroxylation is 1. The molecule has 49 heavy (non-hydrogen) atoms. The van der Waals surface area contributed by atoms with Crippen molar-refractivity contribution in [3.05, 3.63) is 39.0 Å². The smallest absolute Gasteiger partial charge is 0.317 e. The van der Waals surface area contributed by atoms with E-state index in [2.05, 4.69) is 25.8 Å². The Balaban J connectivity index is 1.16. The van der Waals surface area contributed by atoms with Crippen LogP contribution in [0.15, 0.2) is 4.21 Å². The number of anilines is 3. The lowest BCUT2D eigenvalue weighted by Gasteiger charge is -2.49. The maximum Gasteiger partial charge on any atom is 0.317 e. The van der Waals surface area contributed by atoms with Crippen LogP contribution in [0.4, 0.5) is 26.7 Å². The van der Waals surface area contributed by atoms with Gasteiger partial charge in [-0.05, 0) is 25.8 Å². The lowest BCUT2D eigenvalue weighted by atomic mass is 9.75. The van der Waals surface area contributed by atoms with E-state index in [1.54, 1.807) is 30.5 Å². The van der Waals surface area contributed by atoms with E-state index in [0.29, 0.717) is 73.5 Å². The number of nitrogens with two attached hydrogens (primary N) is 1. The Bertz CT molecular complexity index is 1950. The van der Waals surface area contributed by atoms with Crippen molar-refractivity contribution in [2.24, 2.45) is 0 Å². The van der Waals surface area contributed by atoms with Crippen LogP contribution in [0.1, 0.15) is 53.0 Å². The standard InChI is InChI=1S/C32H35ClFN11O2S2/c1-37-24-26(42-7-5-9-45-20(13-42)22(33)23(40-45)28(46)41(2)3)38-30(47-16-32-6-4-8-44(32)12-18(34)10-32)39-27(24)43-14-31(15-43)17-48-29-21(31)19(11-35)25(36)49-29/h18H,4-10,12-17,36H2,2-3H3/t18-,32+/m1/s1. The second kappa shape index (κ2) is 11.9. The summed E-state index contributed by atoms with van der Waals surface area (Å²) in [4.78, 5) is 34.2. The van der Waals surface area contributed by atoms with Crippen LogP contribution in [0, 0.1) is 17.9 Å². The van der Waals surface area contributed by atoms with Crippen molar-refractivity contribution in [3.63, 3.8) is 0 Å². The third-order valence-corrected chi connectivity index (χ3v) is 13.5. The molecule has 0 unspecified atom stereocenters. The molecular formula is C32H35ClFN11O2S2. The molecule has 2 atom stereocenters. The number of ether oxygens (including phenoxy) is 1. The molecule has 8 heterocycles. The minimum Gasteiger partial charge on any atom is -0.461 e.